The zero-order valence-electron chi connectivity index (χ0n) is 15.1. The summed E-state index contributed by atoms with van der Waals surface area (Å²) in [5, 5.41) is 3.07. The average molecular weight is 435 g/mol. The van der Waals surface area contributed by atoms with E-state index in [4.69, 9.17) is 23.2 Å². The van der Waals surface area contributed by atoms with E-state index in [-0.39, 0.29) is 11.4 Å². The van der Waals surface area contributed by atoms with E-state index >= 15 is 0 Å². The van der Waals surface area contributed by atoms with Gasteiger partial charge in [-0.3, -0.25) is 19.3 Å². The summed E-state index contributed by atoms with van der Waals surface area (Å²) in [6, 6.07) is 10.5. The molecular weight excluding hydrogens is 419 g/mol. The Balaban J connectivity index is 1.73. The summed E-state index contributed by atoms with van der Waals surface area (Å²) in [5.41, 5.74) is 3.19. The molecule has 0 spiro atoms. The first-order valence-electron chi connectivity index (χ1n) is 8.32. The maximum atomic E-state index is 12.6. The summed E-state index contributed by atoms with van der Waals surface area (Å²) in [5.74, 6) is -0.975. The summed E-state index contributed by atoms with van der Waals surface area (Å²) in [7, 11) is 0. The van der Waals surface area contributed by atoms with Gasteiger partial charge in [0.1, 0.15) is 6.54 Å². The van der Waals surface area contributed by atoms with Gasteiger partial charge in [-0.2, -0.15) is 0 Å². The van der Waals surface area contributed by atoms with Gasteiger partial charge < -0.3 is 5.32 Å². The normalized spacial score (nSPS) is 15.4. The summed E-state index contributed by atoms with van der Waals surface area (Å²) in [4.78, 5) is 38.2. The number of anilines is 1. The highest BCUT2D eigenvalue weighted by molar-refractivity contribution is 8.18. The van der Waals surface area contributed by atoms with Crippen LogP contribution in [0.5, 0.6) is 0 Å². The van der Waals surface area contributed by atoms with Crippen LogP contribution in [0.4, 0.5) is 10.5 Å². The highest BCUT2D eigenvalue weighted by Gasteiger charge is 2.36. The molecule has 1 aliphatic rings. The Labute approximate surface area is 176 Å². The number of thioether (sulfide) groups is 1. The molecule has 0 bridgehead atoms. The highest BCUT2D eigenvalue weighted by atomic mass is 35.5. The molecule has 3 amide bonds. The molecule has 0 aromatic heterocycles. The Morgan fingerprint density at radius 3 is 2.57 bits per heavy atom. The molecule has 0 saturated carbocycles. The number of hydrogen-bond acceptors (Lipinski definition) is 4. The van der Waals surface area contributed by atoms with Crippen molar-refractivity contribution in [2.75, 3.05) is 11.9 Å². The lowest BCUT2D eigenvalue weighted by atomic mass is 10.1. The van der Waals surface area contributed by atoms with E-state index in [1.165, 1.54) is 6.08 Å². The third-order valence-electron chi connectivity index (χ3n) is 4.08. The topological polar surface area (TPSA) is 66.5 Å². The largest absolute Gasteiger partial charge is 0.324 e. The van der Waals surface area contributed by atoms with Gasteiger partial charge in [-0.05, 0) is 61.0 Å². The molecule has 0 unspecified atom stereocenters. The third kappa shape index (κ3) is 4.58. The fourth-order valence-corrected chi connectivity index (χ4v) is 3.98. The van der Waals surface area contributed by atoms with Crippen LogP contribution in [-0.4, -0.2) is 28.5 Å². The van der Waals surface area contributed by atoms with Gasteiger partial charge in [0.2, 0.25) is 5.91 Å². The smallest absolute Gasteiger partial charge is 0.294 e. The SMILES string of the molecule is Cc1ccc(NC(=O)CN2C(=O)S/C(=C/c3ccc(Cl)cc3Cl)C2=O)c(C)c1. The number of carbonyl (C=O) groups is 3. The van der Waals surface area contributed by atoms with Crippen LogP contribution in [0.2, 0.25) is 10.0 Å². The number of benzene rings is 2. The first-order chi connectivity index (χ1) is 13.2. The predicted octanol–water partition coefficient (Wildman–Crippen LogP) is 5.29. The predicted molar refractivity (Wildman–Crippen MR) is 114 cm³/mol. The number of halogens is 2. The standard InChI is InChI=1S/C20H16Cl2N2O3S/c1-11-3-6-16(12(2)7-11)23-18(25)10-24-19(26)17(28-20(24)27)8-13-4-5-14(21)9-15(13)22/h3-9H,10H2,1-2H3,(H,23,25)/b17-8+. The van der Waals surface area contributed by atoms with Crippen LogP contribution >= 0.6 is 35.0 Å². The fourth-order valence-electron chi connectivity index (χ4n) is 2.68. The molecule has 1 heterocycles. The molecule has 1 fully saturated rings. The van der Waals surface area contributed by atoms with Crippen LogP contribution in [0.25, 0.3) is 6.08 Å². The van der Waals surface area contributed by atoms with Crippen molar-refractivity contribution in [3.05, 3.63) is 68.0 Å². The second kappa shape index (κ2) is 8.39. The first kappa shape index (κ1) is 20.5. The van der Waals surface area contributed by atoms with Crippen molar-refractivity contribution >= 4 is 63.8 Å². The molecule has 8 heteroatoms. The molecule has 1 aliphatic heterocycles. The molecule has 1 saturated heterocycles. The van der Waals surface area contributed by atoms with Crippen LogP contribution in [0.3, 0.4) is 0 Å². The lowest BCUT2D eigenvalue weighted by Crippen LogP contribution is -2.36. The molecule has 0 aliphatic carbocycles. The molecule has 0 atom stereocenters. The van der Waals surface area contributed by atoms with Gasteiger partial charge in [0.25, 0.3) is 11.1 Å². The van der Waals surface area contributed by atoms with Crippen molar-refractivity contribution in [3.63, 3.8) is 0 Å². The molecule has 3 rings (SSSR count). The van der Waals surface area contributed by atoms with Crippen molar-refractivity contribution in [3.8, 4) is 0 Å². The van der Waals surface area contributed by atoms with E-state index in [0.717, 1.165) is 27.8 Å². The Hall–Kier alpha value is -2.28. The second-order valence-corrected chi connectivity index (χ2v) is 8.14. The van der Waals surface area contributed by atoms with Gasteiger partial charge in [-0.25, -0.2) is 0 Å². The van der Waals surface area contributed by atoms with Crippen LogP contribution in [0.1, 0.15) is 16.7 Å². The van der Waals surface area contributed by atoms with Crippen molar-refractivity contribution in [1.82, 2.24) is 4.90 Å². The maximum absolute atomic E-state index is 12.6. The molecule has 28 heavy (non-hydrogen) atoms. The van der Waals surface area contributed by atoms with Crippen LogP contribution in [0, 0.1) is 13.8 Å². The van der Waals surface area contributed by atoms with E-state index in [0.29, 0.717) is 21.3 Å². The van der Waals surface area contributed by atoms with Crippen molar-refractivity contribution in [1.29, 1.82) is 0 Å². The lowest BCUT2D eigenvalue weighted by molar-refractivity contribution is -0.127. The van der Waals surface area contributed by atoms with Gasteiger partial charge in [-0.1, -0.05) is 47.0 Å². The van der Waals surface area contributed by atoms with Crippen molar-refractivity contribution in [2.24, 2.45) is 0 Å². The van der Waals surface area contributed by atoms with E-state index in [1.807, 2.05) is 26.0 Å². The number of amides is 3. The van der Waals surface area contributed by atoms with Gasteiger partial charge in [0.15, 0.2) is 0 Å². The average Bonchev–Trinajstić information content (AvgIpc) is 2.87. The van der Waals surface area contributed by atoms with Crippen molar-refractivity contribution < 1.29 is 14.4 Å². The summed E-state index contributed by atoms with van der Waals surface area (Å²) in [6.07, 6.45) is 1.52. The van der Waals surface area contributed by atoms with Gasteiger partial charge in [-0.15, -0.1) is 0 Å². The molecule has 1 N–H and O–H groups in total. The Morgan fingerprint density at radius 1 is 1.14 bits per heavy atom. The van der Waals surface area contributed by atoms with E-state index in [1.54, 1.807) is 24.3 Å². The zero-order chi connectivity index (χ0) is 20.4. The minimum Gasteiger partial charge on any atom is -0.324 e. The Bertz CT molecular complexity index is 1020. The third-order valence-corrected chi connectivity index (χ3v) is 5.55. The summed E-state index contributed by atoms with van der Waals surface area (Å²) < 4.78 is 0. The maximum Gasteiger partial charge on any atom is 0.294 e. The molecule has 0 radical (unpaired) electrons. The number of aryl methyl sites for hydroxylation is 2. The Morgan fingerprint density at radius 2 is 1.89 bits per heavy atom. The molecule has 2 aromatic rings. The van der Waals surface area contributed by atoms with E-state index in [9.17, 15) is 14.4 Å². The highest BCUT2D eigenvalue weighted by Crippen LogP contribution is 2.34. The first-order valence-corrected chi connectivity index (χ1v) is 9.89. The quantitative estimate of drug-likeness (QED) is 0.664. The van der Waals surface area contributed by atoms with Gasteiger partial charge >= 0.3 is 0 Å². The number of nitrogens with zero attached hydrogens (tertiary/aromatic N) is 1. The van der Waals surface area contributed by atoms with Gasteiger partial charge in [0, 0.05) is 15.7 Å². The van der Waals surface area contributed by atoms with Crippen LogP contribution in [0.15, 0.2) is 41.3 Å². The van der Waals surface area contributed by atoms with E-state index < -0.39 is 17.1 Å². The van der Waals surface area contributed by atoms with Crippen molar-refractivity contribution in [2.45, 2.75) is 13.8 Å². The molecular formula is C20H16Cl2N2O3S. The number of imide groups is 1. The minimum atomic E-state index is -0.531. The lowest BCUT2D eigenvalue weighted by Gasteiger charge is -2.14. The number of hydrogen-bond donors (Lipinski definition) is 1. The summed E-state index contributed by atoms with van der Waals surface area (Å²) in [6.45, 7) is 3.48. The molecule has 2 aromatic carbocycles. The molecule has 5 nitrogen and oxygen atoms in total. The molecule has 144 valence electrons. The zero-order valence-corrected chi connectivity index (χ0v) is 17.4. The monoisotopic (exact) mass is 434 g/mol. The second-order valence-electron chi connectivity index (χ2n) is 6.30. The number of carbonyl (C=O) groups excluding carboxylic acids is 3. The summed E-state index contributed by atoms with van der Waals surface area (Å²) >= 11 is 12.8. The van der Waals surface area contributed by atoms with Gasteiger partial charge in [0.05, 0.1) is 4.91 Å². The number of rotatable bonds is 4. The Kier molecular flexibility index (Phi) is 6.13. The van der Waals surface area contributed by atoms with E-state index in [2.05, 4.69) is 5.32 Å². The van der Waals surface area contributed by atoms with Crippen LogP contribution < -0.4 is 5.32 Å². The van der Waals surface area contributed by atoms with Crippen LogP contribution in [-0.2, 0) is 9.59 Å². The fraction of sp³-hybridized carbons (Fsp3) is 0.150. The number of nitrogens with one attached hydrogen (secondary N) is 1. The minimum absolute atomic E-state index is 0.202.